The number of alkyl halides is 1. The Morgan fingerprint density at radius 3 is 1.45 bits per heavy atom. The Kier molecular flexibility index (Phi) is 21.5. The van der Waals surface area contributed by atoms with Crippen molar-refractivity contribution in [3.05, 3.63) is 220 Å². The molecule has 4 aromatic heterocycles. The number of aliphatic imine (C=N–C) groups is 1. The number of carbonyl (C=O) groups excluding carboxylic acids is 3. The molecule has 17 heteroatoms. The molecule has 438 valence electrons. The Balaban J connectivity index is 0.000000212. The first-order chi connectivity index (χ1) is 41.8. The summed E-state index contributed by atoms with van der Waals surface area (Å²) in [6.07, 6.45) is 15.3. The van der Waals surface area contributed by atoms with Crippen LogP contribution < -0.4 is 10.6 Å². The Bertz CT molecular complexity index is 3640. The molecule has 2 fully saturated rings. The quantitative estimate of drug-likeness (QED) is 0.0874. The summed E-state index contributed by atoms with van der Waals surface area (Å²) in [5.74, 6) is 1.05. The van der Waals surface area contributed by atoms with E-state index in [0.717, 1.165) is 127 Å². The standard InChI is InChI=1S/C34H35N7O.C32H34N6O2.CH3F.CH4/c1-24-3-8-31(38-34(42)26-6-4-25(5-7-26)23-41-15-13-40(2)14-16-41)18-28(24)19-33-37-12-10-32(39-33)30-17-29(21-36-22-30)27-9-11-35-20-27;1-22-4-9-29(35-32(40)25-7-5-24(6-8-25)21-38-14-12-37(3)13-15-38)17-26(22)18-31-34-11-10-30(36-31)28-16-27(23(2)39)19-33-20-28;1-2;/h3-12,17-18,21-22H,13-16,19-20,23H2,1-2H3,(H,38,42);4-11,16-17,19-20H,12-15,18,21H2,1-3H3,(H,35,40);1H3;1H4/i;;;1D. The van der Waals surface area contributed by atoms with E-state index in [4.69, 9.17) is 11.3 Å². The summed E-state index contributed by atoms with van der Waals surface area (Å²) in [6, 6.07) is 35.3. The Morgan fingerprint density at radius 2 is 1.00 bits per heavy atom. The molecule has 7 heterocycles. The molecule has 0 atom stereocenters. The number of amides is 2. The van der Waals surface area contributed by atoms with E-state index >= 15 is 0 Å². The molecule has 3 aliphatic rings. The van der Waals surface area contributed by atoms with Crippen molar-refractivity contribution in [3.63, 3.8) is 0 Å². The number of piperazine rings is 2. The van der Waals surface area contributed by atoms with E-state index in [1.54, 1.807) is 30.9 Å². The highest BCUT2D eigenvalue weighted by molar-refractivity contribution is 6.05. The summed E-state index contributed by atoms with van der Waals surface area (Å²) in [4.78, 5) is 78.9. The van der Waals surface area contributed by atoms with Crippen LogP contribution in [-0.2, 0) is 25.9 Å². The SMILES string of the molecule is CC(=O)c1cncc(-c2ccnc(Cc3cc(NC(=O)c4ccc(CN5CCN(C)CC5)cc4)ccc3C)n2)c1.CF.Cc1ccc(NC(=O)c2ccc(CN3CCN(C)CC3)cc2)cc1Cc1nccc(-c2cncc(C3=CC=NC3)c2)n1.[2H]C. The summed E-state index contributed by atoms with van der Waals surface area (Å²) >= 11 is 0. The highest BCUT2D eigenvalue weighted by Crippen LogP contribution is 2.26. The fraction of sp³-hybridized carbons (Fsp3) is 0.294. The number of aryl methyl sites for hydroxylation is 2. The number of pyridine rings is 2. The molecule has 2 saturated heterocycles. The molecule has 8 aromatic rings. The summed E-state index contributed by atoms with van der Waals surface area (Å²) in [5, 5.41) is 6.10. The molecule has 11 rings (SSSR count). The van der Waals surface area contributed by atoms with Gasteiger partial charge in [-0.1, -0.05) is 43.8 Å². The lowest BCUT2D eigenvalue weighted by Gasteiger charge is -2.32. The summed E-state index contributed by atoms with van der Waals surface area (Å²) in [5.41, 5.74) is 15.5. The first kappa shape index (κ1) is 60.7. The van der Waals surface area contributed by atoms with E-state index in [1.807, 2.05) is 117 Å². The number of ketones is 1. The van der Waals surface area contributed by atoms with Crippen LogP contribution in [0.4, 0.5) is 15.8 Å². The van der Waals surface area contributed by atoms with Gasteiger partial charge in [0.2, 0.25) is 0 Å². The lowest BCUT2D eigenvalue weighted by molar-refractivity contribution is 0.101. The van der Waals surface area contributed by atoms with Gasteiger partial charge in [-0.05, 0) is 158 Å². The number of hydrogen-bond donors (Lipinski definition) is 2. The van der Waals surface area contributed by atoms with Crippen LogP contribution >= 0.6 is 0 Å². The molecule has 0 aliphatic carbocycles. The lowest BCUT2D eigenvalue weighted by Crippen LogP contribution is -2.43. The van der Waals surface area contributed by atoms with Crippen LogP contribution in [0, 0.1) is 13.8 Å². The van der Waals surface area contributed by atoms with E-state index in [2.05, 4.69) is 94.4 Å². The lowest BCUT2D eigenvalue weighted by atomic mass is 10.0. The van der Waals surface area contributed by atoms with Crippen molar-refractivity contribution in [1.29, 1.82) is 0 Å². The number of nitrogens with one attached hydrogen (secondary N) is 2. The van der Waals surface area contributed by atoms with Gasteiger partial charge in [0, 0.05) is 162 Å². The van der Waals surface area contributed by atoms with E-state index < -0.39 is 0 Å². The number of hydrogen-bond acceptors (Lipinski definition) is 14. The number of likely N-dealkylation sites (N-methyl/N-ethyl adjacent to an activating group) is 2. The van der Waals surface area contributed by atoms with Crippen molar-refractivity contribution in [1.82, 2.24) is 49.5 Å². The first-order valence-corrected chi connectivity index (χ1v) is 28.3. The molecular formula is C68H76FN13O3. The van der Waals surface area contributed by atoms with Gasteiger partial charge < -0.3 is 20.4 Å². The first-order valence-electron chi connectivity index (χ1n) is 29.3. The fourth-order valence-electron chi connectivity index (χ4n) is 10.0. The van der Waals surface area contributed by atoms with Crippen molar-refractivity contribution < 1.29 is 20.1 Å². The van der Waals surface area contributed by atoms with Crippen LogP contribution in [0.5, 0.6) is 0 Å². The molecular weight excluding hydrogens is 1070 g/mol. The van der Waals surface area contributed by atoms with Crippen molar-refractivity contribution in [2.75, 3.05) is 90.8 Å². The number of benzene rings is 4. The molecule has 0 unspecified atom stereocenters. The maximum absolute atomic E-state index is 13.1. The topological polar surface area (TPSA) is 178 Å². The number of halogens is 1. The van der Waals surface area contributed by atoms with Crippen molar-refractivity contribution in [2.24, 2.45) is 4.99 Å². The number of rotatable bonds is 16. The second-order valence-corrected chi connectivity index (χ2v) is 21.5. The van der Waals surface area contributed by atoms with Crippen molar-refractivity contribution >= 4 is 40.8 Å². The molecule has 0 saturated carbocycles. The van der Waals surface area contributed by atoms with Crippen LogP contribution in [0.2, 0.25) is 0 Å². The second kappa shape index (κ2) is 30.1. The Hall–Kier alpha value is -8.87. The number of allylic oxidation sites excluding steroid dienone is 1. The van der Waals surface area contributed by atoms with Crippen molar-refractivity contribution in [3.8, 4) is 22.5 Å². The van der Waals surface area contributed by atoms with Crippen molar-refractivity contribution in [2.45, 2.75) is 54.1 Å². The zero-order chi connectivity index (χ0) is 61.0. The molecule has 3 aliphatic heterocycles. The molecule has 0 spiro atoms. The smallest absolute Gasteiger partial charge is 0.255 e. The predicted octanol–water partition coefficient (Wildman–Crippen LogP) is 10.8. The van der Waals surface area contributed by atoms with E-state index in [0.29, 0.717) is 60.6 Å². The zero-order valence-electron chi connectivity index (χ0n) is 50.7. The minimum Gasteiger partial charge on any atom is -0.322 e. The molecule has 2 amide bonds. The Morgan fingerprint density at radius 1 is 0.553 bits per heavy atom. The molecule has 16 nitrogen and oxygen atoms in total. The minimum absolute atomic E-state index is 0.0419. The number of aromatic nitrogens is 6. The molecule has 4 aromatic carbocycles. The minimum atomic E-state index is -0.142. The van der Waals surface area contributed by atoms with Crippen LogP contribution in [0.1, 0.15) is 97.4 Å². The molecule has 2 N–H and O–H groups in total. The van der Waals surface area contributed by atoms with Gasteiger partial charge >= 0.3 is 0 Å². The number of Topliss-reactive ketones (excluding diaryl/α,β-unsaturated/α-hetero) is 1. The summed E-state index contributed by atoms with van der Waals surface area (Å²) < 4.78 is 15.2. The monoisotopic (exact) mass is 1140 g/mol. The second-order valence-electron chi connectivity index (χ2n) is 21.5. The molecule has 0 bridgehead atoms. The van der Waals surface area contributed by atoms with Gasteiger partial charge in [0.15, 0.2) is 5.78 Å². The maximum Gasteiger partial charge on any atom is 0.255 e. The number of anilines is 2. The summed E-state index contributed by atoms with van der Waals surface area (Å²) in [7, 11) is 6.07. The Labute approximate surface area is 500 Å². The van der Waals surface area contributed by atoms with Gasteiger partial charge in [-0.25, -0.2) is 19.9 Å². The zero-order valence-corrected chi connectivity index (χ0v) is 49.7. The van der Waals surface area contributed by atoms with E-state index in [1.165, 1.54) is 25.5 Å². The van der Waals surface area contributed by atoms with Gasteiger partial charge in [-0.2, -0.15) is 0 Å². The maximum atomic E-state index is 13.1. The number of carbonyl (C=O) groups is 3. The van der Waals surface area contributed by atoms with Gasteiger partial charge in [0.25, 0.3) is 11.8 Å². The van der Waals surface area contributed by atoms with Crippen LogP contribution in [-0.4, -0.2) is 153 Å². The highest BCUT2D eigenvalue weighted by Gasteiger charge is 2.18. The van der Waals surface area contributed by atoms with Gasteiger partial charge in [0.1, 0.15) is 11.6 Å². The third-order valence-electron chi connectivity index (χ3n) is 15.2. The summed E-state index contributed by atoms with van der Waals surface area (Å²) in [6.45, 7) is 16.7. The van der Waals surface area contributed by atoms with E-state index in [-0.39, 0.29) is 17.6 Å². The predicted molar refractivity (Wildman–Crippen MR) is 338 cm³/mol. The van der Waals surface area contributed by atoms with Crippen LogP contribution in [0.3, 0.4) is 0 Å². The fourth-order valence-corrected chi connectivity index (χ4v) is 10.0. The highest BCUT2D eigenvalue weighted by atomic mass is 19.1. The van der Waals surface area contributed by atoms with Crippen LogP contribution in [0.25, 0.3) is 28.1 Å². The average molecular weight is 1140 g/mol. The third-order valence-corrected chi connectivity index (χ3v) is 15.2. The van der Waals surface area contributed by atoms with Gasteiger partial charge in [0.05, 0.1) is 25.1 Å². The molecule has 85 heavy (non-hydrogen) atoms. The third kappa shape index (κ3) is 17.4. The average Bonchev–Trinajstić information content (AvgIpc) is 4.16. The van der Waals surface area contributed by atoms with Gasteiger partial charge in [-0.15, -0.1) is 0 Å². The largest absolute Gasteiger partial charge is 0.322 e. The van der Waals surface area contributed by atoms with Gasteiger partial charge in [-0.3, -0.25) is 43.5 Å². The molecule has 0 radical (unpaired) electrons. The number of nitrogens with zero attached hydrogens (tertiary/aromatic N) is 11. The van der Waals surface area contributed by atoms with Crippen LogP contribution in [0.15, 0.2) is 157 Å². The normalized spacial score (nSPS) is 14.5. The van der Waals surface area contributed by atoms with E-state index in [9.17, 15) is 18.8 Å².